The zero-order valence-electron chi connectivity index (χ0n) is 9.68. The lowest BCUT2D eigenvalue weighted by Crippen LogP contribution is -2.15. The molecule has 16 heavy (non-hydrogen) atoms. The topological polar surface area (TPSA) is 43.8 Å². The Morgan fingerprint density at radius 1 is 1.56 bits per heavy atom. The smallest absolute Gasteiger partial charge is 0.0596 e. The molecule has 0 saturated heterocycles. The molecule has 0 aliphatic rings. The highest BCUT2D eigenvalue weighted by molar-refractivity contribution is 7.07. The summed E-state index contributed by atoms with van der Waals surface area (Å²) >= 11 is 1.69. The average Bonchev–Trinajstić information content (AvgIpc) is 2.87. The molecule has 2 heterocycles. The van der Waals surface area contributed by atoms with Crippen LogP contribution in [0, 0.1) is 6.92 Å². The highest BCUT2D eigenvalue weighted by atomic mass is 32.1. The Hall–Kier alpha value is -1.13. The maximum atomic E-state index is 6.17. The Kier molecular flexibility index (Phi) is 3.41. The van der Waals surface area contributed by atoms with Gasteiger partial charge >= 0.3 is 0 Å². The standard InChI is InChI=1S/C12H17N3S/c1-3-15-11(6-9(2)14-15)7-12(13)10-4-5-16-8-10/h4-6,8,12H,3,7,13H2,1-2H3. The first-order valence-electron chi connectivity index (χ1n) is 5.51. The van der Waals surface area contributed by atoms with E-state index in [1.807, 2.05) is 11.6 Å². The van der Waals surface area contributed by atoms with E-state index in [4.69, 9.17) is 5.73 Å². The summed E-state index contributed by atoms with van der Waals surface area (Å²) in [5, 5.41) is 8.61. The molecule has 1 unspecified atom stereocenters. The summed E-state index contributed by atoms with van der Waals surface area (Å²) in [5.41, 5.74) is 9.67. The molecule has 86 valence electrons. The highest BCUT2D eigenvalue weighted by Gasteiger charge is 2.11. The van der Waals surface area contributed by atoms with E-state index in [2.05, 4.69) is 34.9 Å². The Bertz CT molecular complexity index is 445. The quantitative estimate of drug-likeness (QED) is 0.885. The number of thiophene rings is 1. The van der Waals surface area contributed by atoms with Crippen molar-refractivity contribution in [2.45, 2.75) is 32.9 Å². The maximum absolute atomic E-state index is 6.17. The van der Waals surface area contributed by atoms with E-state index in [0.717, 1.165) is 18.7 Å². The van der Waals surface area contributed by atoms with Crippen molar-refractivity contribution in [3.8, 4) is 0 Å². The van der Waals surface area contributed by atoms with Crippen molar-refractivity contribution < 1.29 is 0 Å². The number of hydrogen-bond acceptors (Lipinski definition) is 3. The summed E-state index contributed by atoms with van der Waals surface area (Å²) < 4.78 is 2.03. The van der Waals surface area contributed by atoms with Crippen LogP contribution >= 0.6 is 11.3 Å². The molecule has 0 amide bonds. The second-order valence-corrected chi connectivity index (χ2v) is 4.74. The van der Waals surface area contributed by atoms with Crippen LogP contribution in [0.15, 0.2) is 22.9 Å². The van der Waals surface area contributed by atoms with Crippen molar-refractivity contribution in [3.63, 3.8) is 0 Å². The molecule has 0 radical (unpaired) electrons. The minimum Gasteiger partial charge on any atom is -0.324 e. The first kappa shape index (κ1) is 11.4. The first-order valence-corrected chi connectivity index (χ1v) is 6.46. The molecule has 0 spiro atoms. The van der Waals surface area contributed by atoms with Gasteiger partial charge in [0.05, 0.1) is 5.69 Å². The van der Waals surface area contributed by atoms with Crippen LogP contribution in [0.5, 0.6) is 0 Å². The SMILES string of the molecule is CCn1nc(C)cc1CC(N)c1ccsc1. The highest BCUT2D eigenvalue weighted by Crippen LogP contribution is 2.19. The normalized spacial score (nSPS) is 12.9. The summed E-state index contributed by atoms with van der Waals surface area (Å²) in [6.45, 7) is 5.03. The lowest BCUT2D eigenvalue weighted by atomic mass is 10.1. The minimum absolute atomic E-state index is 0.0765. The Morgan fingerprint density at radius 3 is 3.00 bits per heavy atom. The summed E-state index contributed by atoms with van der Waals surface area (Å²) in [5.74, 6) is 0. The van der Waals surface area contributed by atoms with Crippen molar-refractivity contribution in [3.05, 3.63) is 39.8 Å². The first-order chi connectivity index (χ1) is 7.70. The van der Waals surface area contributed by atoms with E-state index in [1.165, 1.54) is 11.3 Å². The molecule has 0 aromatic carbocycles. The zero-order valence-corrected chi connectivity index (χ0v) is 10.5. The minimum atomic E-state index is 0.0765. The van der Waals surface area contributed by atoms with Crippen LogP contribution in [0.2, 0.25) is 0 Å². The molecule has 2 aromatic rings. The van der Waals surface area contributed by atoms with Crippen LogP contribution in [-0.4, -0.2) is 9.78 Å². The lowest BCUT2D eigenvalue weighted by molar-refractivity contribution is 0.588. The Labute approximate surface area is 99.9 Å². The Balaban J connectivity index is 2.14. The predicted octanol–water partition coefficient (Wildman–Crippen LogP) is 2.52. The number of hydrogen-bond donors (Lipinski definition) is 1. The van der Waals surface area contributed by atoms with Gasteiger partial charge in [-0.15, -0.1) is 0 Å². The van der Waals surface area contributed by atoms with Gasteiger partial charge in [-0.2, -0.15) is 16.4 Å². The lowest BCUT2D eigenvalue weighted by Gasteiger charge is -2.10. The molecule has 3 nitrogen and oxygen atoms in total. The van der Waals surface area contributed by atoms with Gasteiger partial charge < -0.3 is 5.73 Å². The van der Waals surface area contributed by atoms with Gasteiger partial charge in [0.25, 0.3) is 0 Å². The van der Waals surface area contributed by atoms with Gasteiger partial charge in [0, 0.05) is 24.7 Å². The van der Waals surface area contributed by atoms with E-state index < -0.39 is 0 Å². The van der Waals surface area contributed by atoms with Gasteiger partial charge in [-0.05, 0) is 42.3 Å². The molecular weight excluding hydrogens is 218 g/mol. The van der Waals surface area contributed by atoms with Crippen molar-refractivity contribution in [1.29, 1.82) is 0 Å². The number of aromatic nitrogens is 2. The van der Waals surface area contributed by atoms with Crippen molar-refractivity contribution in [2.24, 2.45) is 5.73 Å². The third-order valence-corrected chi connectivity index (χ3v) is 3.39. The molecule has 0 aliphatic heterocycles. The summed E-state index contributed by atoms with van der Waals surface area (Å²) in [4.78, 5) is 0. The molecule has 4 heteroatoms. The van der Waals surface area contributed by atoms with E-state index in [0.29, 0.717) is 0 Å². The van der Waals surface area contributed by atoms with Crippen LogP contribution < -0.4 is 5.73 Å². The summed E-state index contributed by atoms with van der Waals surface area (Å²) in [6, 6.07) is 4.29. The fraction of sp³-hybridized carbons (Fsp3) is 0.417. The van der Waals surface area contributed by atoms with Crippen LogP contribution in [0.25, 0.3) is 0 Å². The van der Waals surface area contributed by atoms with E-state index in [9.17, 15) is 0 Å². The fourth-order valence-electron chi connectivity index (χ4n) is 1.87. The third kappa shape index (κ3) is 2.33. The predicted molar refractivity (Wildman–Crippen MR) is 67.6 cm³/mol. The molecule has 0 bridgehead atoms. The molecule has 1 atom stereocenters. The largest absolute Gasteiger partial charge is 0.324 e. The van der Waals surface area contributed by atoms with Gasteiger partial charge in [0.15, 0.2) is 0 Å². The average molecular weight is 235 g/mol. The van der Waals surface area contributed by atoms with Gasteiger partial charge in [0.1, 0.15) is 0 Å². The van der Waals surface area contributed by atoms with Gasteiger partial charge in [-0.3, -0.25) is 4.68 Å². The molecule has 2 rings (SSSR count). The Morgan fingerprint density at radius 2 is 2.38 bits per heavy atom. The maximum Gasteiger partial charge on any atom is 0.0596 e. The fourth-order valence-corrected chi connectivity index (χ4v) is 2.59. The van der Waals surface area contributed by atoms with Crippen LogP contribution in [-0.2, 0) is 13.0 Å². The van der Waals surface area contributed by atoms with Crippen LogP contribution in [0.1, 0.15) is 29.9 Å². The second kappa shape index (κ2) is 4.80. The van der Waals surface area contributed by atoms with E-state index in [1.54, 1.807) is 11.3 Å². The van der Waals surface area contributed by atoms with Gasteiger partial charge in [-0.25, -0.2) is 0 Å². The van der Waals surface area contributed by atoms with Crippen LogP contribution in [0.3, 0.4) is 0 Å². The number of nitrogens with zero attached hydrogens (tertiary/aromatic N) is 2. The molecular formula is C12H17N3S. The van der Waals surface area contributed by atoms with Gasteiger partial charge in [0.2, 0.25) is 0 Å². The molecule has 2 aromatic heterocycles. The zero-order chi connectivity index (χ0) is 11.5. The molecule has 0 aliphatic carbocycles. The van der Waals surface area contributed by atoms with Gasteiger partial charge in [-0.1, -0.05) is 0 Å². The molecule has 0 saturated carbocycles. The van der Waals surface area contributed by atoms with Crippen molar-refractivity contribution >= 4 is 11.3 Å². The third-order valence-electron chi connectivity index (χ3n) is 2.69. The van der Waals surface area contributed by atoms with E-state index >= 15 is 0 Å². The number of rotatable bonds is 4. The monoisotopic (exact) mass is 235 g/mol. The van der Waals surface area contributed by atoms with Crippen molar-refractivity contribution in [2.75, 3.05) is 0 Å². The number of nitrogens with two attached hydrogens (primary N) is 1. The summed E-state index contributed by atoms with van der Waals surface area (Å²) in [6.07, 6.45) is 0.853. The summed E-state index contributed by atoms with van der Waals surface area (Å²) in [7, 11) is 0. The van der Waals surface area contributed by atoms with Crippen molar-refractivity contribution in [1.82, 2.24) is 9.78 Å². The van der Waals surface area contributed by atoms with Crippen LogP contribution in [0.4, 0.5) is 0 Å². The molecule has 0 fully saturated rings. The molecule has 2 N–H and O–H groups in total. The van der Waals surface area contributed by atoms with E-state index in [-0.39, 0.29) is 6.04 Å². The second-order valence-electron chi connectivity index (χ2n) is 3.96. The number of aryl methyl sites for hydroxylation is 2.